The summed E-state index contributed by atoms with van der Waals surface area (Å²) < 4.78 is 15.1. The van der Waals surface area contributed by atoms with Crippen molar-refractivity contribution in [2.75, 3.05) is 24.3 Å². The van der Waals surface area contributed by atoms with Crippen LogP contribution < -0.4 is 21.5 Å². The molecule has 37 heavy (non-hydrogen) atoms. The Kier molecular flexibility index (Phi) is 5.43. The molecule has 11 heteroatoms. The third-order valence-electron chi connectivity index (χ3n) is 8.40. The van der Waals surface area contributed by atoms with E-state index in [1.807, 2.05) is 16.8 Å². The molecule has 3 aliphatic heterocycles. The second-order valence-electron chi connectivity index (χ2n) is 10.6. The van der Waals surface area contributed by atoms with E-state index < -0.39 is 0 Å². The monoisotopic (exact) mass is 505 g/mol. The molecule has 3 aromatic rings. The largest absolute Gasteiger partial charge is 0.385 e. The minimum atomic E-state index is -0.241. The van der Waals surface area contributed by atoms with Crippen molar-refractivity contribution in [2.24, 2.45) is 5.92 Å². The fraction of sp³-hybridized carbons (Fsp3) is 0.538. The maximum atomic E-state index is 13.4. The molecular weight excluding hydrogens is 474 g/mol. The first-order chi connectivity index (χ1) is 18.1. The molecule has 0 radical (unpaired) electrons. The van der Waals surface area contributed by atoms with Crippen molar-refractivity contribution in [3.63, 3.8) is 0 Å². The molecule has 1 saturated carbocycles. The maximum absolute atomic E-state index is 13.4. The van der Waals surface area contributed by atoms with Gasteiger partial charge in [0, 0.05) is 32.0 Å². The van der Waals surface area contributed by atoms with Gasteiger partial charge in [-0.05, 0) is 56.6 Å². The number of nitrogens with one attached hydrogen (secondary N) is 3. The van der Waals surface area contributed by atoms with Crippen molar-refractivity contribution >= 4 is 28.7 Å². The molecule has 4 fully saturated rings. The quantitative estimate of drug-likeness (QED) is 0.467. The van der Waals surface area contributed by atoms with E-state index in [1.54, 1.807) is 19.2 Å². The van der Waals surface area contributed by atoms with Gasteiger partial charge in [0.05, 0.1) is 36.2 Å². The zero-order chi connectivity index (χ0) is 25.1. The van der Waals surface area contributed by atoms with Crippen molar-refractivity contribution in [3.05, 3.63) is 46.6 Å². The number of carbonyl (C=O) groups excluding carboxylic acids is 1. The van der Waals surface area contributed by atoms with Crippen LogP contribution in [0.1, 0.15) is 55.1 Å². The molecule has 4 aliphatic rings. The summed E-state index contributed by atoms with van der Waals surface area (Å²) >= 11 is 0. The lowest BCUT2D eigenvalue weighted by molar-refractivity contribution is -0.0164. The van der Waals surface area contributed by atoms with E-state index in [2.05, 4.69) is 26.0 Å². The van der Waals surface area contributed by atoms with Crippen molar-refractivity contribution in [2.45, 2.75) is 68.9 Å². The van der Waals surface area contributed by atoms with Crippen LogP contribution in [0.3, 0.4) is 0 Å². The fourth-order valence-electron chi connectivity index (χ4n) is 6.46. The average molecular weight is 506 g/mol. The van der Waals surface area contributed by atoms with E-state index in [0.717, 1.165) is 45.1 Å². The number of rotatable bonds is 6. The van der Waals surface area contributed by atoms with E-state index >= 15 is 0 Å². The summed E-state index contributed by atoms with van der Waals surface area (Å²) in [7, 11) is 1.79. The molecule has 6 atom stereocenters. The molecule has 3 aromatic heterocycles. The highest BCUT2D eigenvalue weighted by Crippen LogP contribution is 2.39. The van der Waals surface area contributed by atoms with Gasteiger partial charge >= 0.3 is 0 Å². The van der Waals surface area contributed by atoms with Crippen molar-refractivity contribution < 1.29 is 14.3 Å². The topological polar surface area (TPSA) is 124 Å². The van der Waals surface area contributed by atoms with Crippen LogP contribution in [0.5, 0.6) is 0 Å². The number of nitrogens with zero attached hydrogens (tertiary/aromatic N) is 4. The molecule has 2 bridgehead atoms. The third-order valence-corrected chi connectivity index (χ3v) is 8.40. The standard InChI is InChI=1S/C26H31N7O4/c1-27-20-12-22(29-18-3-2-7-32(26(18)35)15-10-16-4-5-17(11-15)37-16)31-33-21(13-28-24(20)33)25(34)30-19-9-14-6-8-36-23(14)19/h2-3,7,12-17,19,23,27H,4-6,8-11H2,1H3,(H,29,31)(H,30,34)/t14-,15?,16-,17+,19-,23-/m1/s1. The molecule has 3 saturated heterocycles. The molecule has 1 amide bonds. The third kappa shape index (κ3) is 3.88. The van der Waals surface area contributed by atoms with E-state index in [9.17, 15) is 9.59 Å². The highest BCUT2D eigenvalue weighted by molar-refractivity contribution is 5.94. The number of aromatic nitrogens is 4. The molecule has 1 aliphatic carbocycles. The molecule has 194 valence electrons. The van der Waals surface area contributed by atoms with Gasteiger partial charge in [-0.3, -0.25) is 9.59 Å². The molecular formula is C26H31N7O4. The molecule has 11 nitrogen and oxygen atoms in total. The summed E-state index contributed by atoms with van der Waals surface area (Å²) in [5, 5.41) is 14.0. The van der Waals surface area contributed by atoms with Gasteiger partial charge in [0.1, 0.15) is 5.69 Å². The zero-order valence-electron chi connectivity index (χ0n) is 20.7. The second kappa shape index (κ2) is 8.84. The first-order valence-electron chi connectivity index (χ1n) is 13.2. The van der Waals surface area contributed by atoms with Crippen molar-refractivity contribution in [1.82, 2.24) is 24.5 Å². The molecule has 7 rings (SSSR count). The Hall–Kier alpha value is -3.44. The van der Waals surface area contributed by atoms with Gasteiger partial charge in [-0.25, -0.2) is 9.50 Å². The average Bonchev–Trinajstić information content (AvgIpc) is 3.59. The Morgan fingerprint density at radius 2 is 1.97 bits per heavy atom. The van der Waals surface area contributed by atoms with Gasteiger partial charge in [0.15, 0.2) is 17.2 Å². The highest BCUT2D eigenvalue weighted by Gasteiger charge is 2.46. The Bertz CT molecular complexity index is 1410. The highest BCUT2D eigenvalue weighted by atomic mass is 16.5. The minimum Gasteiger partial charge on any atom is -0.385 e. The van der Waals surface area contributed by atoms with Gasteiger partial charge in [-0.1, -0.05) is 0 Å². The lowest BCUT2D eigenvalue weighted by atomic mass is 9.77. The first-order valence-corrected chi connectivity index (χ1v) is 13.2. The van der Waals surface area contributed by atoms with Crippen LogP contribution in [0.15, 0.2) is 35.4 Å². The Morgan fingerprint density at radius 3 is 2.76 bits per heavy atom. The Labute approximate surface area is 213 Å². The van der Waals surface area contributed by atoms with Crippen molar-refractivity contribution in [1.29, 1.82) is 0 Å². The SMILES string of the molecule is CNc1cc(Nc2cccn(C3C[C@H]4CC[C@@H](C3)O4)c2=O)nn2c(C(=O)N[C@@H]3C[C@H]4CCO[C@H]43)cnc12. The van der Waals surface area contributed by atoms with E-state index in [0.29, 0.717) is 34.5 Å². The normalized spacial score (nSPS) is 30.1. The number of hydrogen-bond donors (Lipinski definition) is 3. The number of imidazole rings is 1. The molecule has 0 spiro atoms. The fourth-order valence-corrected chi connectivity index (χ4v) is 6.46. The first kappa shape index (κ1) is 22.7. The van der Waals surface area contributed by atoms with Crippen LogP contribution in [0.4, 0.5) is 17.2 Å². The van der Waals surface area contributed by atoms with Gasteiger partial charge in [-0.15, -0.1) is 5.10 Å². The number of pyridine rings is 1. The molecule has 0 aromatic carbocycles. The predicted octanol–water partition coefficient (Wildman–Crippen LogP) is 2.47. The lowest BCUT2D eigenvalue weighted by Gasteiger charge is -2.39. The number of carbonyl (C=O) groups is 1. The molecule has 3 N–H and O–H groups in total. The Morgan fingerprint density at radius 1 is 1.14 bits per heavy atom. The minimum absolute atomic E-state index is 0.0128. The van der Waals surface area contributed by atoms with Crippen LogP contribution in [0, 0.1) is 5.92 Å². The zero-order valence-corrected chi connectivity index (χ0v) is 20.7. The Balaban J connectivity index is 1.16. The maximum Gasteiger partial charge on any atom is 0.274 e. The number of amides is 1. The molecule has 6 heterocycles. The summed E-state index contributed by atoms with van der Waals surface area (Å²) in [6.07, 6.45) is 9.82. The van der Waals surface area contributed by atoms with Crippen molar-refractivity contribution in [3.8, 4) is 0 Å². The van der Waals surface area contributed by atoms with E-state index in [-0.39, 0.29) is 41.9 Å². The van der Waals surface area contributed by atoms with Crippen LogP contribution in [-0.2, 0) is 9.47 Å². The van der Waals surface area contributed by atoms with E-state index in [1.165, 1.54) is 10.7 Å². The van der Waals surface area contributed by atoms with E-state index in [4.69, 9.17) is 9.47 Å². The predicted molar refractivity (Wildman–Crippen MR) is 136 cm³/mol. The van der Waals surface area contributed by atoms with Gasteiger partial charge in [0.25, 0.3) is 11.5 Å². The van der Waals surface area contributed by atoms with Gasteiger partial charge in [-0.2, -0.15) is 0 Å². The number of hydrogen-bond acceptors (Lipinski definition) is 8. The summed E-state index contributed by atoms with van der Waals surface area (Å²) in [4.78, 5) is 31.0. The second-order valence-corrected chi connectivity index (χ2v) is 10.6. The smallest absolute Gasteiger partial charge is 0.274 e. The van der Waals surface area contributed by atoms with Crippen LogP contribution >= 0.6 is 0 Å². The van der Waals surface area contributed by atoms with Crippen LogP contribution in [0.2, 0.25) is 0 Å². The summed E-state index contributed by atoms with van der Waals surface area (Å²) in [6, 6.07) is 5.57. The number of fused-ring (bicyclic) bond motifs is 4. The summed E-state index contributed by atoms with van der Waals surface area (Å²) in [5.41, 5.74) is 1.89. The molecule has 1 unspecified atom stereocenters. The number of anilines is 3. The number of ether oxygens (including phenoxy) is 2. The summed E-state index contributed by atoms with van der Waals surface area (Å²) in [5.74, 6) is 0.742. The van der Waals surface area contributed by atoms with Crippen LogP contribution in [0.25, 0.3) is 5.65 Å². The van der Waals surface area contributed by atoms with Gasteiger partial charge in [0.2, 0.25) is 0 Å². The lowest BCUT2D eigenvalue weighted by Crippen LogP contribution is -2.54. The summed E-state index contributed by atoms with van der Waals surface area (Å²) in [6.45, 7) is 0.760. The van der Waals surface area contributed by atoms with Crippen LogP contribution in [-0.4, -0.2) is 63.1 Å². The van der Waals surface area contributed by atoms with Gasteiger partial charge < -0.3 is 30.0 Å².